The molecule has 1 aromatic heterocycles. The number of halogens is 2. The van der Waals surface area contributed by atoms with Crippen molar-refractivity contribution in [3.8, 4) is 0 Å². The second-order valence-corrected chi connectivity index (χ2v) is 5.29. The van der Waals surface area contributed by atoms with Crippen molar-refractivity contribution in [2.45, 2.75) is 19.9 Å². The first-order chi connectivity index (χ1) is 11.0. The van der Waals surface area contributed by atoms with Gasteiger partial charge in [0.2, 0.25) is 5.91 Å². The van der Waals surface area contributed by atoms with E-state index in [0.717, 1.165) is 24.2 Å². The summed E-state index contributed by atoms with van der Waals surface area (Å²) in [6, 6.07) is 3.98. The Bertz CT molecular complexity index is 777. The van der Waals surface area contributed by atoms with Crippen LogP contribution in [0.15, 0.2) is 18.2 Å². The molecule has 0 atom stereocenters. The quantitative estimate of drug-likeness (QED) is 0.676. The molecule has 0 fully saturated rings. The number of hydrogen-bond acceptors (Lipinski definition) is 4. The molecule has 2 aromatic rings. The highest BCUT2D eigenvalue weighted by atomic mass is 35.5. The zero-order valence-electron chi connectivity index (χ0n) is 12.9. The number of aromatic amines is 1. The third-order valence-electron chi connectivity index (χ3n) is 3.56. The fraction of sp³-hybridized carbons (Fsp3) is 0.267. The minimum Gasteiger partial charge on any atom is -0.324 e. The van der Waals surface area contributed by atoms with E-state index in [1.807, 2.05) is 0 Å². The number of fused-ring (bicyclic) bond motifs is 1. The molecule has 2 amide bonds. The van der Waals surface area contributed by atoms with Gasteiger partial charge in [-0.05, 0) is 18.2 Å². The lowest BCUT2D eigenvalue weighted by atomic mass is 10.1. The summed E-state index contributed by atoms with van der Waals surface area (Å²) < 4.78 is 13.6. The predicted octanol–water partition coefficient (Wildman–Crippen LogP) is 1.83. The summed E-state index contributed by atoms with van der Waals surface area (Å²) >= 11 is 0. The Morgan fingerprint density at radius 1 is 1.29 bits per heavy atom. The minimum absolute atomic E-state index is 0. The van der Waals surface area contributed by atoms with Crippen LogP contribution in [-0.4, -0.2) is 28.6 Å². The number of nitrogens with one attached hydrogen (secondary N) is 4. The van der Waals surface area contributed by atoms with Gasteiger partial charge < -0.3 is 16.0 Å². The predicted molar refractivity (Wildman–Crippen MR) is 89.9 cm³/mol. The van der Waals surface area contributed by atoms with Crippen LogP contribution in [0, 0.1) is 5.82 Å². The smallest absolute Gasteiger partial charge is 0.276 e. The van der Waals surface area contributed by atoms with E-state index in [1.54, 1.807) is 0 Å². The van der Waals surface area contributed by atoms with E-state index >= 15 is 0 Å². The number of benzene rings is 1. The molecule has 128 valence electrons. The number of H-pyrrole nitrogens is 1. The number of hydrogen-bond donors (Lipinski definition) is 4. The van der Waals surface area contributed by atoms with Crippen molar-refractivity contribution in [3.63, 3.8) is 0 Å². The van der Waals surface area contributed by atoms with Crippen molar-refractivity contribution >= 4 is 35.6 Å². The van der Waals surface area contributed by atoms with E-state index < -0.39 is 5.82 Å². The second-order valence-electron chi connectivity index (χ2n) is 5.29. The van der Waals surface area contributed by atoms with E-state index in [2.05, 4.69) is 26.1 Å². The normalized spacial score (nSPS) is 12.8. The molecule has 0 saturated heterocycles. The maximum Gasteiger partial charge on any atom is 0.276 e. The van der Waals surface area contributed by atoms with Crippen molar-refractivity contribution in [2.24, 2.45) is 0 Å². The number of amides is 2. The summed E-state index contributed by atoms with van der Waals surface area (Å²) in [5.41, 5.74) is 2.50. The van der Waals surface area contributed by atoms with Crippen LogP contribution in [0.2, 0.25) is 0 Å². The zero-order chi connectivity index (χ0) is 16.4. The second kappa shape index (κ2) is 7.41. The summed E-state index contributed by atoms with van der Waals surface area (Å²) in [7, 11) is 0. The van der Waals surface area contributed by atoms with Crippen molar-refractivity contribution in [1.29, 1.82) is 0 Å². The lowest BCUT2D eigenvalue weighted by Crippen LogP contribution is -2.25. The highest BCUT2D eigenvalue weighted by Crippen LogP contribution is 2.21. The molecule has 1 aliphatic rings. The Labute approximate surface area is 143 Å². The number of carbonyl (C=O) groups is 2. The summed E-state index contributed by atoms with van der Waals surface area (Å²) in [6.07, 6.45) is 0.791. The van der Waals surface area contributed by atoms with Crippen molar-refractivity contribution in [2.75, 3.05) is 17.2 Å². The molecule has 9 heteroatoms. The van der Waals surface area contributed by atoms with Gasteiger partial charge in [0.25, 0.3) is 5.91 Å². The molecule has 24 heavy (non-hydrogen) atoms. The number of nitrogens with zero attached hydrogens (tertiary/aromatic N) is 1. The van der Waals surface area contributed by atoms with Gasteiger partial charge >= 0.3 is 0 Å². The fourth-order valence-corrected chi connectivity index (χ4v) is 2.49. The van der Waals surface area contributed by atoms with Crippen molar-refractivity contribution in [1.82, 2.24) is 15.5 Å². The Kier molecular flexibility index (Phi) is 5.53. The minimum atomic E-state index is -0.570. The summed E-state index contributed by atoms with van der Waals surface area (Å²) in [5.74, 6) is -1.34. The Morgan fingerprint density at radius 2 is 2.08 bits per heavy atom. The zero-order valence-corrected chi connectivity index (χ0v) is 13.7. The third-order valence-corrected chi connectivity index (χ3v) is 3.56. The first kappa shape index (κ1) is 17.9. The molecule has 3 rings (SSSR count). The Balaban J connectivity index is 0.00000208. The maximum atomic E-state index is 13.6. The number of anilines is 2. The van der Waals surface area contributed by atoms with Gasteiger partial charge in [-0.3, -0.25) is 14.7 Å². The van der Waals surface area contributed by atoms with Gasteiger partial charge in [0, 0.05) is 43.4 Å². The highest BCUT2D eigenvalue weighted by Gasteiger charge is 2.21. The standard InChI is InChI=1S/C15H16FN5O2.ClH/c1-8(22)18-13-6-9(2-3-11(13)16)19-15(23)14-10-7-17-5-4-12(10)20-21-14;/h2-3,6,17H,4-5,7H2,1H3,(H,18,22)(H,19,23)(H,20,21);1H. The maximum absolute atomic E-state index is 13.6. The first-order valence-electron chi connectivity index (χ1n) is 7.20. The lowest BCUT2D eigenvalue weighted by molar-refractivity contribution is -0.114. The Morgan fingerprint density at radius 3 is 2.83 bits per heavy atom. The van der Waals surface area contributed by atoms with Crippen LogP contribution >= 0.6 is 12.4 Å². The average Bonchev–Trinajstić information content (AvgIpc) is 2.94. The molecule has 0 bridgehead atoms. The third kappa shape index (κ3) is 3.72. The van der Waals surface area contributed by atoms with Crippen LogP contribution in [0.5, 0.6) is 0 Å². The number of rotatable bonds is 3. The largest absolute Gasteiger partial charge is 0.324 e. The molecule has 4 N–H and O–H groups in total. The summed E-state index contributed by atoms with van der Waals surface area (Å²) in [5, 5.41) is 15.2. The summed E-state index contributed by atoms with van der Waals surface area (Å²) in [4.78, 5) is 23.4. The molecular weight excluding hydrogens is 337 g/mol. The topological polar surface area (TPSA) is 98.9 Å². The molecule has 0 radical (unpaired) electrons. The molecule has 2 heterocycles. The molecule has 0 unspecified atom stereocenters. The van der Waals surface area contributed by atoms with Crippen LogP contribution in [0.3, 0.4) is 0 Å². The van der Waals surface area contributed by atoms with Gasteiger partial charge in [-0.15, -0.1) is 12.4 Å². The van der Waals surface area contributed by atoms with E-state index in [4.69, 9.17) is 0 Å². The van der Waals surface area contributed by atoms with Crippen molar-refractivity contribution in [3.05, 3.63) is 41.0 Å². The molecule has 1 aliphatic heterocycles. The van der Waals surface area contributed by atoms with Gasteiger partial charge in [0.1, 0.15) is 5.82 Å². The van der Waals surface area contributed by atoms with Crippen LogP contribution in [-0.2, 0) is 17.8 Å². The van der Waals surface area contributed by atoms with Gasteiger partial charge in [0.05, 0.1) is 5.69 Å². The number of aromatic nitrogens is 2. The molecule has 0 spiro atoms. The van der Waals surface area contributed by atoms with E-state index in [-0.39, 0.29) is 29.9 Å². The lowest BCUT2D eigenvalue weighted by Gasteiger charge is -2.13. The molecule has 0 saturated carbocycles. The van der Waals surface area contributed by atoms with Gasteiger partial charge in [-0.25, -0.2) is 4.39 Å². The van der Waals surface area contributed by atoms with Crippen molar-refractivity contribution < 1.29 is 14.0 Å². The van der Waals surface area contributed by atoms with Gasteiger partial charge in [-0.1, -0.05) is 0 Å². The van der Waals surface area contributed by atoms with E-state index in [9.17, 15) is 14.0 Å². The first-order valence-corrected chi connectivity index (χ1v) is 7.20. The van der Waals surface area contributed by atoms with Crippen LogP contribution in [0.1, 0.15) is 28.7 Å². The number of carbonyl (C=O) groups excluding carboxylic acids is 2. The van der Waals surface area contributed by atoms with Gasteiger partial charge in [0.15, 0.2) is 5.69 Å². The fourth-order valence-electron chi connectivity index (χ4n) is 2.49. The van der Waals surface area contributed by atoms with Gasteiger partial charge in [-0.2, -0.15) is 5.10 Å². The molecule has 0 aliphatic carbocycles. The molecular formula is C15H17ClFN5O2. The average molecular weight is 354 g/mol. The molecule has 7 nitrogen and oxygen atoms in total. The monoisotopic (exact) mass is 353 g/mol. The molecule has 1 aromatic carbocycles. The summed E-state index contributed by atoms with van der Waals surface area (Å²) in [6.45, 7) is 2.71. The van der Waals surface area contributed by atoms with E-state index in [0.29, 0.717) is 17.9 Å². The van der Waals surface area contributed by atoms with E-state index in [1.165, 1.54) is 25.1 Å². The highest BCUT2D eigenvalue weighted by molar-refractivity contribution is 6.04. The van der Waals surface area contributed by atoms with Crippen LogP contribution in [0.25, 0.3) is 0 Å². The van der Waals surface area contributed by atoms with Crippen LogP contribution < -0.4 is 16.0 Å². The Hall–Kier alpha value is -2.45. The SMILES string of the molecule is CC(=O)Nc1cc(NC(=O)c2n[nH]c3c2CNCC3)ccc1F.Cl. The van der Waals surface area contributed by atoms with Crippen LogP contribution in [0.4, 0.5) is 15.8 Å².